The fourth-order valence-electron chi connectivity index (χ4n) is 1.09. The third kappa shape index (κ3) is 4.73. The van der Waals surface area contributed by atoms with Gasteiger partial charge in [-0.1, -0.05) is 11.6 Å². The Morgan fingerprint density at radius 3 is 2.47 bits per heavy atom. The maximum atomic E-state index is 11.1. The standard InChI is InChI=1S/C9H10ClN3O5S/c10-6-3-5(19(12,16)17)1-2-7(6)18-4-8(14)13-9(11)15/h1-3H,4H2,(H2,12,16,17)(H3,11,13,14,15). The van der Waals surface area contributed by atoms with Gasteiger partial charge in [0.2, 0.25) is 10.0 Å². The van der Waals surface area contributed by atoms with Crippen molar-refractivity contribution in [1.82, 2.24) is 5.32 Å². The summed E-state index contributed by atoms with van der Waals surface area (Å²) in [4.78, 5) is 21.3. The van der Waals surface area contributed by atoms with E-state index in [1.54, 1.807) is 5.32 Å². The summed E-state index contributed by atoms with van der Waals surface area (Å²) in [5.74, 6) is -0.701. The number of nitrogens with one attached hydrogen (secondary N) is 1. The summed E-state index contributed by atoms with van der Waals surface area (Å²) in [7, 11) is -3.87. The second-order valence-corrected chi connectivity index (χ2v) is 5.31. The highest BCUT2D eigenvalue weighted by atomic mass is 35.5. The number of halogens is 1. The topological polar surface area (TPSA) is 142 Å². The van der Waals surface area contributed by atoms with Gasteiger partial charge in [0.1, 0.15) is 5.75 Å². The minimum absolute atomic E-state index is 0.0431. The van der Waals surface area contributed by atoms with Gasteiger partial charge in [0.15, 0.2) is 6.61 Å². The van der Waals surface area contributed by atoms with Crippen molar-refractivity contribution in [3.63, 3.8) is 0 Å². The van der Waals surface area contributed by atoms with Crippen LogP contribution in [0.3, 0.4) is 0 Å². The van der Waals surface area contributed by atoms with Crippen molar-refractivity contribution in [3.8, 4) is 5.75 Å². The lowest BCUT2D eigenvalue weighted by Crippen LogP contribution is -2.38. The molecule has 0 aromatic heterocycles. The smallest absolute Gasteiger partial charge is 0.318 e. The molecule has 1 aromatic carbocycles. The number of sulfonamides is 1. The van der Waals surface area contributed by atoms with Crippen LogP contribution in [0.1, 0.15) is 0 Å². The Morgan fingerprint density at radius 2 is 2.00 bits per heavy atom. The van der Waals surface area contributed by atoms with Gasteiger partial charge in [-0.15, -0.1) is 0 Å². The predicted molar refractivity (Wildman–Crippen MR) is 66.0 cm³/mol. The number of carbonyl (C=O) groups excluding carboxylic acids is 2. The molecular formula is C9H10ClN3O5S. The summed E-state index contributed by atoms with van der Waals surface area (Å²) >= 11 is 5.76. The van der Waals surface area contributed by atoms with Crippen molar-refractivity contribution in [1.29, 1.82) is 0 Å². The van der Waals surface area contributed by atoms with Crippen LogP contribution in [0.15, 0.2) is 23.1 Å². The lowest BCUT2D eigenvalue weighted by atomic mass is 10.3. The Labute approximate surface area is 113 Å². The van der Waals surface area contributed by atoms with Crippen LogP contribution < -0.4 is 20.9 Å². The van der Waals surface area contributed by atoms with E-state index in [4.69, 9.17) is 27.2 Å². The number of amides is 3. The van der Waals surface area contributed by atoms with Crippen molar-refractivity contribution >= 4 is 33.6 Å². The van der Waals surface area contributed by atoms with Crippen molar-refractivity contribution in [2.24, 2.45) is 10.9 Å². The maximum Gasteiger partial charge on any atom is 0.318 e. The van der Waals surface area contributed by atoms with Crippen LogP contribution in [0.4, 0.5) is 4.79 Å². The monoisotopic (exact) mass is 307 g/mol. The van der Waals surface area contributed by atoms with E-state index < -0.39 is 28.6 Å². The number of ether oxygens (including phenoxy) is 1. The number of primary amides is 1. The Hall–Kier alpha value is -1.84. The summed E-state index contributed by atoms with van der Waals surface area (Å²) in [6.45, 7) is -0.503. The van der Waals surface area contributed by atoms with Gasteiger partial charge in [-0.2, -0.15) is 0 Å². The molecule has 10 heteroatoms. The Bertz CT molecular complexity index is 616. The second-order valence-electron chi connectivity index (χ2n) is 3.34. The maximum absolute atomic E-state index is 11.1. The first-order valence-electron chi connectivity index (χ1n) is 4.74. The Morgan fingerprint density at radius 1 is 1.37 bits per heavy atom. The number of imide groups is 1. The van der Waals surface area contributed by atoms with Gasteiger partial charge in [0.05, 0.1) is 9.92 Å². The van der Waals surface area contributed by atoms with Crippen LogP contribution in [0, 0.1) is 0 Å². The fourth-order valence-corrected chi connectivity index (χ4v) is 1.93. The largest absolute Gasteiger partial charge is 0.482 e. The number of benzene rings is 1. The molecule has 0 bridgehead atoms. The number of hydrogen-bond acceptors (Lipinski definition) is 5. The highest BCUT2D eigenvalue weighted by Gasteiger charge is 2.12. The average molecular weight is 308 g/mol. The number of hydrogen-bond donors (Lipinski definition) is 3. The lowest BCUT2D eigenvalue weighted by Gasteiger charge is -2.08. The first kappa shape index (κ1) is 15.2. The average Bonchev–Trinajstić information content (AvgIpc) is 2.25. The molecule has 0 unspecified atom stereocenters. The van der Waals surface area contributed by atoms with Gasteiger partial charge >= 0.3 is 6.03 Å². The van der Waals surface area contributed by atoms with Gasteiger partial charge in [0, 0.05) is 0 Å². The third-order valence-electron chi connectivity index (χ3n) is 1.85. The fraction of sp³-hybridized carbons (Fsp3) is 0.111. The molecule has 8 nitrogen and oxygen atoms in total. The van der Waals surface area contributed by atoms with Gasteiger partial charge in [-0.3, -0.25) is 10.1 Å². The van der Waals surface area contributed by atoms with Crippen LogP contribution in [0.25, 0.3) is 0 Å². The lowest BCUT2D eigenvalue weighted by molar-refractivity contribution is -0.121. The van der Waals surface area contributed by atoms with E-state index in [9.17, 15) is 18.0 Å². The molecule has 0 aliphatic heterocycles. The highest BCUT2D eigenvalue weighted by molar-refractivity contribution is 7.89. The molecule has 3 amide bonds. The van der Waals surface area contributed by atoms with Crippen LogP contribution in [0.2, 0.25) is 5.02 Å². The number of urea groups is 1. The number of primary sulfonamides is 1. The highest BCUT2D eigenvalue weighted by Crippen LogP contribution is 2.26. The summed E-state index contributed by atoms with van der Waals surface area (Å²) in [5, 5.41) is 6.65. The third-order valence-corrected chi connectivity index (χ3v) is 3.06. The van der Waals surface area contributed by atoms with E-state index in [0.717, 1.165) is 6.07 Å². The van der Waals surface area contributed by atoms with E-state index in [1.807, 2.05) is 0 Å². The summed E-state index contributed by atoms with van der Waals surface area (Å²) in [5.41, 5.74) is 4.73. The van der Waals surface area contributed by atoms with E-state index in [2.05, 4.69) is 0 Å². The quantitative estimate of drug-likeness (QED) is 0.691. The number of carbonyl (C=O) groups is 2. The number of nitrogens with two attached hydrogens (primary N) is 2. The van der Waals surface area contributed by atoms with Crippen molar-refractivity contribution in [2.75, 3.05) is 6.61 Å². The van der Waals surface area contributed by atoms with Crippen molar-refractivity contribution < 1.29 is 22.7 Å². The molecule has 5 N–H and O–H groups in total. The van der Waals surface area contributed by atoms with Gasteiger partial charge < -0.3 is 10.5 Å². The van der Waals surface area contributed by atoms with Crippen LogP contribution in [-0.2, 0) is 14.8 Å². The molecule has 19 heavy (non-hydrogen) atoms. The minimum atomic E-state index is -3.87. The molecule has 0 aliphatic carbocycles. The zero-order valence-corrected chi connectivity index (χ0v) is 11.0. The molecule has 0 aliphatic rings. The molecule has 0 radical (unpaired) electrons. The molecule has 0 atom stereocenters. The molecular weight excluding hydrogens is 298 g/mol. The van der Waals surface area contributed by atoms with E-state index in [0.29, 0.717) is 0 Å². The molecule has 104 valence electrons. The molecule has 0 spiro atoms. The summed E-state index contributed by atoms with van der Waals surface area (Å²) < 4.78 is 27.1. The molecule has 1 rings (SSSR count). The summed E-state index contributed by atoms with van der Waals surface area (Å²) in [6.07, 6.45) is 0. The van der Waals surface area contributed by atoms with E-state index in [1.165, 1.54) is 12.1 Å². The van der Waals surface area contributed by atoms with Gasteiger partial charge in [0.25, 0.3) is 5.91 Å². The minimum Gasteiger partial charge on any atom is -0.482 e. The van der Waals surface area contributed by atoms with Gasteiger partial charge in [-0.05, 0) is 18.2 Å². The molecule has 0 heterocycles. The van der Waals surface area contributed by atoms with Crippen LogP contribution in [0.5, 0.6) is 5.75 Å². The molecule has 0 saturated carbocycles. The van der Waals surface area contributed by atoms with Crippen molar-refractivity contribution in [3.05, 3.63) is 23.2 Å². The Balaban J connectivity index is 2.76. The predicted octanol–water partition coefficient (Wildman–Crippen LogP) is -0.439. The van der Waals surface area contributed by atoms with Crippen LogP contribution in [-0.4, -0.2) is 27.0 Å². The van der Waals surface area contributed by atoms with E-state index >= 15 is 0 Å². The Kier molecular flexibility index (Phi) is 4.70. The molecule has 0 fully saturated rings. The van der Waals surface area contributed by atoms with Gasteiger partial charge in [-0.25, -0.2) is 18.4 Å². The molecule has 1 aromatic rings. The zero-order valence-electron chi connectivity index (χ0n) is 9.42. The van der Waals surface area contributed by atoms with E-state index in [-0.39, 0.29) is 15.7 Å². The number of rotatable bonds is 4. The summed E-state index contributed by atoms with van der Waals surface area (Å²) in [6, 6.07) is 2.48. The van der Waals surface area contributed by atoms with Crippen molar-refractivity contribution in [2.45, 2.75) is 4.90 Å². The first-order chi connectivity index (χ1) is 8.70. The molecule has 0 saturated heterocycles. The zero-order chi connectivity index (χ0) is 14.6. The second kappa shape index (κ2) is 5.87. The van der Waals surface area contributed by atoms with Crippen LogP contribution >= 0.6 is 11.6 Å². The first-order valence-corrected chi connectivity index (χ1v) is 6.67. The SMILES string of the molecule is NC(=O)NC(=O)COc1ccc(S(N)(=O)=O)cc1Cl. The normalized spacial score (nSPS) is 10.8.